The summed E-state index contributed by atoms with van der Waals surface area (Å²) in [5.41, 5.74) is 0.990. The second-order valence-corrected chi connectivity index (χ2v) is 9.39. The Hall–Kier alpha value is -5.38. The van der Waals surface area contributed by atoms with E-state index >= 15 is 0 Å². The SMILES string of the molecule is C[C@H]1C[C@H](N(C(=O)c2ccccc2[N+](=O)[O-])c2ccccc2)c2ccccc2N1C(=O)c1ccccc1[N+](=O)[O-]. The van der Waals surface area contributed by atoms with E-state index in [0.717, 1.165) is 0 Å². The molecule has 0 aliphatic carbocycles. The molecule has 0 unspecified atom stereocenters. The maximum atomic E-state index is 14.1. The van der Waals surface area contributed by atoms with E-state index in [1.807, 2.05) is 13.0 Å². The molecule has 2 amide bonds. The molecule has 0 bridgehead atoms. The molecule has 40 heavy (non-hydrogen) atoms. The number of nitro groups is 2. The highest BCUT2D eigenvalue weighted by Crippen LogP contribution is 2.44. The molecule has 1 aliphatic rings. The van der Waals surface area contributed by atoms with Crippen molar-refractivity contribution in [2.75, 3.05) is 9.80 Å². The lowest BCUT2D eigenvalue weighted by molar-refractivity contribution is -0.385. The minimum Gasteiger partial charge on any atom is -0.305 e. The van der Waals surface area contributed by atoms with Crippen molar-refractivity contribution in [3.05, 3.63) is 140 Å². The predicted octanol–water partition coefficient (Wildman–Crippen LogP) is 6.33. The summed E-state index contributed by atoms with van der Waals surface area (Å²) in [5.74, 6) is -1.08. The third-order valence-electron chi connectivity index (χ3n) is 7.01. The lowest BCUT2D eigenvalue weighted by Crippen LogP contribution is -2.48. The first-order valence-corrected chi connectivity index (χ1v) is 12.6. The molecule has 10 nitrogen and oxygen atoms in total. The van der Waals surface area contributed by atoms with E-state index in [-0.39, 0.29) is 28.9 Å². The lowest BCUT2D eigenvalue weighted by Gasteiger charge is -2.43. The molecule has 4 aromatic carbocycles. The number of rotatable bonds is 6. The number of hydrogen-bond acceptors (Lipinski definition) is 6. The minimum atomic E-state index is -0.587. The van der Waals surface area contributed by atoms with E-state index in [1.165, 1.54) is 46.2 Å². The molecule has 4 aromatic rings. The molecule has 0 aromatic heterocycles. The van der Waals surface area contributed by atoms with E-state index in [2.05, 4.69) is 0 Å². The van der Waals surface area contributed by atoms with Gasteiger partial charge in [0.25, 0.3) is 23.2 Å². The molecule has 0 radical (unpaired) electrons. The molecule has 0 spiro atoms. The zero-order chi connectivity index (χ0) is 28.4. The van der Waals surface area contributed by atoms with Gasteiger partial charge < -0.3 is 9.80 Å². The highest BCUT2D eigenvalue weighted by molar-refractivity contribution is 6.11. The van der Waals surface area contributed by atoms with Gasteiger partial charge in [-0.2, -0.15) is 0 Å². The molecule has 1 heterocycles. The second-order valence-electron chi connectivity index (χ2n) is 9.39. The van der Waals surface area contributed by atoms with Gasteiger partial charge in [-0.1, -0.05) is 60.7 Å². The van der Waals surface area contributed by atoms with Crippen LogP contribution in [0, 0.1) is 20.2 Å². The highest BCUT2D eigenvalue weighted by atomic mass is 16.6. The summed E-state index contributed by atoms with van der Waals surface area (Å²) in [6, 6.07) is 26.5. The topological polar surface area (TPSA) is 127 Å². The maximum Gasteiger partial charge on any atom is 0.282 e. The van der Waals surface area contributed by atoms with Gasteiger partial charge in [-0.25, -0.2) is 0 Å². The minimum absolute atomic E-state index is 0.0384. The van der Waals surface area contributed by atoms with E-state index in [4.69, 9.17) is 0 Å². The van der Waals surface area contributed by atoms with Crippen LogP contribution in [0.25, 0.3) is 0 Å². The second kappa shape index (κ2) is 10.8. The third-order valence-corrected chi connectivity index (χ3v) is 7.01. The number of nitrogens with zero attached hydrogens (tertiary/aromatic N) is 4. The van der Waals surface area contributed by atoms with Gasteiger partial charge in [0, 0.05) is 29.5 Å². The van der Waals surface area contributed by atoms with E-state index in [0.29, 0.717) is 16.9 Å². The Morgan fingerprint density at radius 3 is 1.93 bits per heavy atom. The monoisotopic (exact) mass is 536 g/mol. The Balaban J connectivity index is 1.64. The van der Waals surface area contributed by atoms with E-state index in [9.17, 15) is 29.8 Å². The molecule has 1 aliphatic heterocycles. The fourth-order valence-corrected chi connectivity index (χ4v) is 5.25. The van der Waals surface area contributed by atoms with Crippen LogP contribution in [0.2, 0.25) is 0 Å². The van der Waals surface area contributed by atoms with Crippen LogP contribution in [0.5, 0.6) is 0 Å². The average molecular weight is 537 g/mol. The van der Waals surface area contributed by atoms with Gasteiger partial charge in [-0.15, -0.1) is 0 Å². The Morgan fingerprint density at radius 2 is 1.27 bits per heavy atom. The quantitative estimate of drug-likeness (QED) is 0.209. The zero-order valence-corrected chi connectivity index (χ0v) is 21.4. The van der Waals surface area contributed by atoms with Crippen LogP contribution in [0.4, 0.5) is 22.7 Å². The van der Waals surface area contributed by atoms with Crippen molar-refractivity contribution in [1.82, 2.24) is 0 Å². The largest absolute Gasteiger partial charge is 0.305 e. The first-order chi connectivity index (χ1) is 19.3. The molecule has 200 valence electrons. The summed E-state index contributed by atoms with van der Waals surface area (Å²) in [4.78, 5) is 53.2. The Bertz CT molecular complexity index is 1620. The third kappa shape index (κ3) is 4.66. The van der Waals surface area contributed by atoms with Gasteiger partial charge in [0.1, 0.15) is 11.1 Å². The van der Waals surface area contributed by atoms with Crippen LogP contribution >= 0.6 is 0 Å². The summed E-state index contributed by atoms with van der Waals surface area (Å²) in [6.45, 7) is 1.81. The molecule has 5 rings (SSSR count). The molecule has 10 heteroatoms. The molecule has 2 atom stereocenters. The lowest BCUT2D eigenvalue weighted by atomic mass is 9.89. The summed E-state index contributed by atoms with van der Waals surface area (Å²) >= 11 is 0. The first kappa shape index (κ1) is 26.2. The number of carbonyl (C=O) groups excluding carboxylic acids is 2. The van der Waals surface area contributed by atoms with Crippen LogP contribution in [0.15, 0.2) is 103 Å². The number of carbonyl (C=O) groups is 2. The fourth-order valence-electron chi connectivity index (χ4n) is 5.25. The molecule has 0 saturated carbocycles. The van der Waals surface area contributed by atoms with Gasteiger partial charge >= 0.3 is 0 Å². The Morgan fingerprint density at radius 1 is 0.750 bits per heavy atom. The number of benzene rings is 4. The number of para-hydroxylation sites is 4. The molecule has 0 fully saturated rings. The highest BCUT2D eigenvalue weighted by Gasteiger charge is 2.41. The zero-order valence-electron chi connectivity index (χ0n) is 21.4. The standard InChI is InChI=1S/C30H24N4O6/c1-20-19-28(32(21-11-3-2-4-12-21)30(36)24-15-7-10-18-27(24)34(39)40)22-13-5-8-16-25(22)31(20)29(35)23-14-6-9-17-26(23)33(37)38/h2-18,20,28H,19H2,1H3/t20-,28-/m0/s1. The van der Waals surface area contributed by atoms with Crippen LogP contribution in [-0.2, 0) is 0 Å². The van der Waals surface area contributed by atoms with Gasteiger partial charge in [0.15, 0.2) is 0 Å². The van der Waals surface area contributed by atoms with Crippen molar-refractivity contribution in [2.45, 2.75) is 25.4 Å². The van der Waals surface area contributed by atoms with Crippen LogP contribution < -0.4 is 9.80 Å². The summed E-state index contributed by atoms with van der Waals surface area (Å²) in [7, 11) is 0. The number of anilines is 2. The van der Waals surface area contributed by atoms with Gasteiger partial charge in [-0.3, -0.25) is 29.8 Å². The number of fused-ring (bicyclic) bond motifs is 1. The van der Waals surface area contributed by atoms with Crippen molar-refractivity contribution in [1.29, 1.82) is 0 Å². The smallest absolute Gasteiger partial charge is 0.282 e. The number of nitro benzene ring substituents is 2. The van der Waals surface area contributed by atoms with Crippen molar-refractivity contribution < 1.29 is 19.4 Å². The normalized spacial score (nSPS) is 16.1. The van der Waals surface area contributed by atoms with Gasteiger partial charge in [-0.05, 0) is 49.2 Å². The Labute approximate surface area is 229 Å². The van der Waals surface area contributed by atoms with Crippen molar-refractivity contribution in [2.24, 2.45) is 0 Å². The van der Waals surface area contributed by atoms with Crippen molar-refractivity contribution in [3.8, 4) is 0 Å². The fraction of sp³-hybridized carbons (Fsp3) is 0.133. The molecular weight excluding hydrogens is 512 g/mol. The summed E-state index contributed by atoms with van der Waals surface area (Å²) in [5, 5.41) is 23.4. The van der Waals surface area contributed by atoms with Gasteiger partial charge in [0.2, 0.25) is 0 Å². The number of amides is 2. The van der Waals surface area contributed by atoms with Crippen LogP contribution in [0.3, 0.4) is 0 Å². The predicted molar refractivity (Wildman–Crippen MR) is 150 cm³/mol. The first-order valence-electron chi connectivity index (χ1n) is 12.6. The van der Waals surface area contributed by atoms with Crippen LogP contribution in [0.1, 0.15) is 45.7 Å². The van der Waals surface area contributed by atoms with Crippen molar-refractivity contribution in [3.63, 3.8) is 0 Å². The van der Waals surface area contributed by atoms with Gasteiger partial charge in [0.05, 0.1) is 15.9 Å². The summed E-state index contributed by atoms with van der Waals surface area (Å²) < 4.78 is 0. The van der Waals surface area contributed by atoms with E-state index in [1.54, 1.807) is 60.7 Å². The molecule has 0 saturated heterocycles. The van der Waals surface area contributed by atoms with Crippen LogP contribution in [-0.4, -0.2) is 27.7 Å². The van der Waals surface area contributed by atoms with Crippen molar-refractivity contribution >= 4 is 34.6 Å². The molecule has 0 N–H and O–H groups in total. The average Bonchev–Trinajstić information content (AvgIpc) is 2.97. The number of hydrogen-bond donors (Lipinski definition) is 0. The van der Waals surface area contributed by atoms with E-state index < -0.39 is 33.7 Å². The molecular formula is C30H24N4O6. The Kier molecular flexibility index (Phi) is 7.07. The maximum absolute atomic E-state index is 14.1. The summed E-state index contributed by atoms with van der Waals surface area (Å²) in [6.07, 6.45) is 0.282.